The molecule has 1 unspecified atom stereocenters. The van der Waals surface area contributed by atoms with Gasteiger partial charge in [-0.2, -0.15) is 5.10 Å². The van der Waals surface area contributed by atoms with Crippen molar-refractivity contribution >= 4 is 11.8 Å². The van der Waals surface area contributed by atoms with Crippen molar-refractivity contribution < 1.29 is 0 Å². The molecular formula is C15H22N4S. The van der Waals surface area contributed by atoms with E-state index in [2.05, 4.69) is 47.8 Å². The minimum Gasteiger partial charge on any atom is -0.271 e. The number of hydrazine groups is 1. The van der Waals surface area contributed by atoms with Gasteiger partial charge >= 0.3 is 0 Å². The molecule has 1 heterocycles. The molecule has 0 fully saturated rings. The Morgan fingerprint density at radius 3 is 2.75 bits per heavy atom. The maximum Gasteiger partial charge on any atom is 0.0596 e. The molecule has 2 aromatic rings. The molecule has 1 atom stereocenters. The predicted molar refractivity (Wildman–Crippen MR) is 84.6 cm³/mol. The summed E-state index contributed by atoms with van der Waals surface area (Å²) >= 11 is 1.82. The number of nitrogens with one attached hydrogen (secondary N) is 1. The van der Waals surface area contributed by atoms with E-state index < -0.39 is 0 Å². The fourth-order valence-corrected chi connectivity index (χ4v) is 3.13. The molecule has 1 aromatic heterocycles. The van der Waals surface area contributed by atoms with Crippen LogP contribution in [-0.2, 0) is 13.0 Å². The Morgan fingerprint density at radius 2 is 2.10 bits per heavy atom. The maximum absolute atomic E-state index is 5.69. The monoisotopic (exact) mass is 290 g/mol. The van der Waals surface area contributed by atoms with Crippen molar-refractivity contribution in [3.05, 3.63) is 47.8 Å². The van der Waals surface area contributed by atoms with Gasteiger partial charge in [-0.3, -0.25) is 16.0 Å². The van der Waals surface area contributed by atoms with Crippen molar-refractivity contribution in [3.8, 4) is 0 Å². The van der Waals surface area contributed by atoms with Gasteiger partial charge in [0, 0.05) is 35.3 Å². The van der Waals surface area contributed by atoms with Crippen LogP contribution in [0.15, 0.2) is 41.3 Å². The first-order valence-corrected chi connectivity index (χ1v) is 7.88. The van der Waals surface area contributed by atoms with Gasteiger partial charge in [0.1, 0.15) is 0 Å². The first-order valence-electron chi connectivity index (χ1n) is 6.90. The molecule has 0 aliphatic carbocycles. The van der Waals surface area contributed by atoms with Crippen LogP contribution in [0.3, 0.4) is 0 Å². The van der Waals surface area contributed by atoms with Gasteiger partial charge in [-0.25, -0.2) is 0 Å². The van der Waals surface area contributed by atoms with Crippen molar-refractivity contribution in [1.29, 1.82) is 0 Å². The van der Waals surface area contributed by atoms with E-state index in [9.17, 15) is 0 Å². The van der Waals surface area contributed by atoms with E-state index in [1.807, 2.05) is 29.4 Å². The second-order valence-electron chi connectivity index (χ2n) is 4.78. The Balaban J connectivity index is 1.95. The zero-order chi connectivity index (χ0) is 14.4. The van der Waals surface area contributed by atoms with Crippen molar-refractivity contribution in [2.75, 3.05) is 5.75 Å². The van der Waals surface area contributed by atoms with Crippen molar-refractivity contribution in [2.45, 2.75) is 37.8 Å². The summed E-state index contributed by atoms with van der Waals surface area (Å²) in [7, 11) is 0. The number of hydrogen-bond donors (Lipinski definition) is 2. The summed E-state index contributed by atoms with van der Waals surface area (Å²) < 4.78 is 2.05. The lowest BCUT2D eigenvalue weighted by Crippen LogP contribution is -2.39. The molecule has 0 radical (unpaired) electrons. The van der Waals surface area contributed by atoms with Crippen molar-refractivity contribution in [3.63, 3.8) is 0 Å². The summed E-state index contributed by atoms with van der Waals surface area (Å²) in [5, 5.41) is 4.48. The van der Waals surface area contributed by atoms with Crippen LogP contribution in [-0.4, -0.2) is 21.6 Å². The van der Waals surface area contributed by atoms with Gasteiger partial charge in [-0.05, 0) is 32.0 Å². The molecule has 5 heteroatoms. The zero-order valence-corrected chi connectivity index (χ0v) is 12.9. The Hall–Kier alpha value is -1.30. The van der Waals surface area contributed by atoms with E-state index in [4.69, 9.17) is 5.84 Å². The molecule has 0 spiro atoms. The van der Waals surface area contributed by atoms with E-state index in [1.165, 1.54) is 10.6 Å². The van der Waals surface area contributed by atoms with Gasteiger partial charge < -0.3 is 0 Å². The Labute approximate surface area is 124 Å². The highest BCUT2D eigenvalue weighted by atomic mass is 32.2. The molecule has 0 amide bonds. The highest BCUT2D eigenvalue weighted by Gasteiger charge is 2.12. The Morgan fingerprint density at radius 1 is 1.35 bits per heavy atom. The van der Waals surface area contributed by atoms with E-state index in [0.29, 0.717) is 0 Å². The topological polar surface area (TPSA) is 55.9 Å². The van der Waals surface area contributed by atoms with Crippen molar-refractivity contribution in [2.24, 2.45) is 5.84 Å². The van der Waals surface area contributed by atoms with E-state index in [-0.39, 0.29) is 6.04 Å². The molecular weight excluding hydrogens is 268 g/mol. The third-order valence-corrected chi connectivity index (χ3v) is 4.35. The summed E-state index contributed by atoms with van der Waals surface area (Å²) in [5.74, 6) is 6.63. The largest absolute Gasteiger partial charge is 0.271 e. The minimum atomic E-state index is 0.238. The van der Waals surface area contributed by atoms with Crippen LogP contribution in [0.25, 0.3) is 0 Å². The highest BCUT2D eigenvalue weighted by molar-refractivity contribution is 7.99. The predicted octanol–water partition coefficient (Wildman–Crippen LogP) is 2.38. The molecule has 0 bridgehead atoms. The molecule has 2 rings (SSSR count). The highest BCUT2D eigenvalue weighted by Crippen LogP contribution is 2.19. The molecule has 108 valence electrons. The number of thioether (sulfide) groups is 1. The first kappa shape index (κ1) is 15.1. The maximum atomic E-state index is 5.69. The third kappa shape index (κ3) is 4.10. The van der Waals surface area contributed by atoms with Gasteiger partial charge in [0.15, 0.2) is 0 Å². The number of benzene rings is 1. The summed E-state index contributed by atoms with van der Waals surface area (Å²) in [6.07, 6.45) is 0.894. The second kappa shape index (κ2) is 7.47. The smallest absolute Gasteiger partial charge is 0.0596 e. The number of hydrogen-bond acceptors (Lipinski definition) is 4. The fraction of sp³-hybridized carbons (Fsp3) is 0.400. The molecule has 0 saturated heterocycles. The lowest BCUT2D eigenvalue weighted by molar-refractivity contribution is 0.534. The zero-order valence-electron chi connectivity index (χ0n) is 12.0. The van der Waals surface area contributed by atoms with Gasteiger partial charge in [0.25, 0.3) is 0 Å². The average Bonchev–Trinajstić information content (AvgIpc) is 2.84. The lowest BCUT2D eigenvalue weighted by atomic mass is 10.2. The Kier molecular flexibility index (Phi) is 5.64. The van der Waals surface area contributed by atoms with Crippen LogP contribution in [0.1, 0.15) is 18.3 Å². The summed E-state index contributed by atoms with van der Waals surface area (Å²) in [6.45, 7) is 5.03. The van der Waals surface area contributed by atoms with Crippen LogP contribution >= 0.6 is 11.8 Å². The van der Waals surface area contributed by atoms with E-state index in [0.717, 1.165) is 24.4 Å². The summed E-state index contributed by atoms with van der Waals surface area (Å²) in [5.41, 5.74) is 5.22. The van der Waals surface area contributed by atoms with Crippen molar-refractivity contribution in [1.82, 2.24) is 15.2 Å². The van der Waals surface area contributed by atoms with Gasteiger partial charge in [0.05, 0.1) is 5.69 Å². The molecule has 0 aliphatic heterocycles. The molecule has 4 nitrogen and oxygen atoms in total. The number of nitrogens with zero attached hydrogens (tertiary/aromatic N) is 2. The standard InChI is InChI=1S/C15H22N4S/c1-3-19-14(9-12(2)18-19)10-13(17-16)11-20-15-7-5-4-6-8-15/h4-9,13,17H,3,10-11,16H2,1-2H3. The first-order chi connectivity index (χ1) is 9.72. The van der Waals surface area contributed by atoms with Crippen LogP contribution in [0.2, 0.25) is 0 Å². The normalized spacial score (nSPS) is 12.6. The van der Waals surface area contributed by atoms with E-state index in [1.54, 1.807) is 0 Å². The molecule has 1 aromatic carbocycles. The number of nitrogens with two attached hydrogens (primary N) is 1. The number of aromatic nitrogens is 2. The summed E-state index contributed by atoms with van der Waals surface area (Å²) in [6, 6.07) is 12.8. The molecule has 20 heavy (non-hydrogen) atoms. The average molecular weight is 290 g/mol. The molecule has 0 saturated carbocycles. The van der Waals surface area contributed by atoms with E-state index >= 15 is 0 Å². The van der Waals surface area contributed by atoms with Crippen LogP contribution in [0, 0.1) is 6.92 Å². The number of aryl methyl sites for hydroxylation is 2. The van der Waals surface area contributed by atoms with Gasteiger partial charge in [-0.1, -0.05) is 18.2 Å². The second-order valence-corrected chi connectivity index (χ2v) is 5.88. The summed E-state index contributed by atoms with van der Waals surface area (Å²) in [4.78, 5) is 1.27. The Bertz CT molecular complexity index is 524. The van der Waals surface area contributed by atoms with Crippen LogP contribution in [0.5, 0.6) is 0 Å². The van der Waals surface area contributed by atoms with Gasteiger partial charge in [-0.15, -0.1) is 11.8 Å². The number of rotatable bonds is 7. The fourth-order valence-electron chi connectivity index (χ4n) is 2.17. The SMILES string of the molecule is CCn1nc(C)cc1CC(CSc1ccccc1)NN. The van der Waals surface area contributed by atoms with Crippen LogP contribution < -0.4 is 11.3 Å². The minimum absolute atomic E-state index is 0.238. The quantitative estimate of drug-likeness (QED) is 0.467. The van der Waals surface area contributed by atoms with Gasteiger partial charge in [0.2, 0.25) is 0 Å². The third-order valence-electron chi connectivity index (χ3n) is 3.17. The lowest BCUT2D eigenvalue weighted by Gasteiger charge is -2.16. The molecule has 0 aliphatic rings. The van der Waals surface area contributed by atoms with Crippen LogP contribution in [0.4, 0.5) is 0 Å². The molecule has 3 N–H and O–H groups in total.